The molecule has 0 aliphatic heterocycles. The standard InChI is InChI=1S/C36H73NO3/c1-3-5-7-8-9-10-11-12-13-14-15-16-17-18-19-20-21-22-23-24-25-26-27-28-29-30-31-35(39)34(33-38)37-36(40)32-6-4-2/h34-35,38-39H,3-33H2,1-2H3,(H,37,40). The quantitative estimate of drug-likeness (QED) is 0.0691. The average Bonchev–Trinajstić information content (AvgIpc) is 2.96. The molecule has 0 radical (unpaired) electrons. The van der Waals surface area contributed by atoms with Crippen LogP contribution in [0.3, 0.4) is 0 Å². The minimum Gasteiger partial charge on any atom is -0.394 e. The molecule has 0 aromatic heterocycles. The minimum absolute atomic E-state index is 0.0648. The highest BCUT2D eigenvalue weighted by Gasteiger charge is 2.19. The molecule has 1 amide bonds. The Hall–Kier alpha value is -0.610. The van der Waals surface area contributed by atoms with Crippen LogP contribution in [0.25, 0.3) is 0 Å². The van der Waals surface area contributed by atoms with E-state index in [1.54, 1.807) is 0 Å². The van der Waals surface area contributed by atoms with Gasteiger partial charge in [0.05, 0.1) is 18.8 Å². The van der Waals surface area contributed by atoms with Gasteiger partial charge < -0.3 is 15.5 Å². The molecule has 0 saturated carbocycles. The Kier molecular flexibility index (Phi) is 32.4. The highest BCUT2D eigenvalue weighted by Crippen LogP contribution is 2.16. The Morgan fingerprint density at radius 2 is 0.800 bits per heavy atom. The highest BCUT2D eigenvalue weighted by atomic mass is 16.3. The van der Waals surface area contributed by atoms with Crippen LogP contribution in [0.4, 0.5) is 0 Å². The molecule has 0 heterocycles. The van der Waals surface area contributed by atoms with E-state index in [0.29, 0.717) is 12.8 Å². The Balaban J connectivity index is 3.27. The third-order valence-electron chi connectivity index (χ3n) is 8.62. The topological polar surface area (TPSA) is 69.6 Å². The summed E-state index contributed by atoms with van der Waals surface area (Å²) in [6, 6.07) is -0.524. The molecule has 0 aromatic carbocycles. The monoisotopic (exact) mass is 568 g/mol. The molecule has 0 aliphatic carbocycles. The average molecular weight is 568 g/mol. The van der Waals surface area contributed by atoms with Gasteiger partial charge in [-0.3, -0.25) is 4.79 Å². The largest absolute Gasteiger partial charge is 0.394 e. The van der Waals surface area contributed by atoms with E-state index >= 15 is 0 Å². The van der Waals surface area contributed by atoms with Gasteiger partial charge in [0, 0.05) is 6.42 Å². The Morgan fingerprint density at radius 1 is 0.500 bits per heavy atom. The van der Waals surface area contributed by atoms with Crippen molar-refractivity contribution < 1.29 is 15.0 Å². The third-order valence-corrected chi connectivity index (χ3v) is 8.62. The van der Waals surface area contributed by atoms with Crippen LogP contribution >= 0.6 is 0 Å². The number of amides is 1. The van der Waals surface area contributed by atoms with E-state index in [9.17, 15) is 15.0 Å². The molecule has 2 unspecified atom stereocenters. The zero-order chi connectivity index (χ0) is 29.4. The number of hydrogen-bond acceptors (Lipinski definition) is 3. The van der Waals surface area contributed by atoms with E-state index < -0.39 is 12.1 Å². The predicted octanol–water partition coefficient (Wildman–Crippen LogP) is 10.6. The van der Waals surface area contributed by atoms with Crippen LogP contribution in [0.15, 0.2) is 0 Å². The van der Waals surface area contributed by atoms with Crippen molar-refractivity contribution in [3.05, 3.63) is 0 Å². The molecule has 0 fully saturated rings. The predicted molar refractivity (Wildman–Crippen MR) is 175 cm³/mol. The Labute approximate surface area is 251 Å². The van der Waals surface area contributed by atoms with Crippen molar-refractivity contribution in [1.29, 1.82) is 0 Å². The lowest BCUT2D eigenvalue weighted by atomic mass is 10.0. The third kappa shape index (κ3) is 28.9. The van der Waals surface area contributed by atoms with Crippen molar-refractivity contribution in [3.63, 3.8) is 0 Å². The maximum Gasteiger partial charge on any atom is 0.220 e. The molecule has 0 saturated heterocycles. The lowest BCUT2D eigenvalue weighted by Crippen LogP contribution is -2.45. The molecular weight excluding hydrogens is 494 g/mol. The lowest BCUT2D eigenvalue weighted by molar-refractivity contribution is -0.123. The lowest BCUT2D eigenvalue weighted by Gasteiger charge is -2.22. The fraction of sp³-hybridized carbons (Fsp3) is 0.972. The summed E-state index contributed by atoms with van der Waals surface area (Å²) in [7, 11) is 0. The van der Waals surface area contributed by atoms with Gasteiger partial charge in [-0.25, -0.2) is 0 Å². The summed E-state index contributed by atoms with van der Waals surface area (Å²) in [6.07, 6.45) is 38.4. The van der Waals surface area contributed by atoms with E-state index in [-0.39, 0.29) is 12.5 Å². The number of carbonyl (C=O) groups excluding carboxylic acids is 1. The molecule has 4 nitrogen and oxygen atoms in total. The van der Waals surface area contributed by atoms with Crippen molar-refractivity contribution in [2.24, 2.45) is 0 Å². The molecule has 0 aliphatic rings. The smallest absolute Gasteiger partial charge is 0.220 e. The summed E-state index contributed by atoms with van der Waals surface area (Å²) in [5.41, 5.74) is 0. The Morgan fingerprint density at radius 3 is 1.10 bits per heavy atom. The number of aliphatic hydroxyl groups is 2. The summed E-state index contributed by atoms with van der Waals surface area (Å²) >= 11 is 0. The summed E-state index contributed by atoms with van der Waals surface area (Å²) < 4.78 is 0. The van der Waals surface area contributed by atoms with E-state index in [2.05, 4.69) is 19.2 Å². The van der Waals surface area contributed by atoms with Crippen LogP contribution < -0.4 is 5.32 Å². The minimum atomic E-state index is -0.648. The van der Waals surface area contributed by atoms with Crippen molar-refractivity contribution >= 4 is 5.91 Å². The van der Waals surface area contributed by atoms with Gasteiger partial charge in [0.1, 0.15) is 0 Å². The van der Waals surface area contributed by atoms with Gasteiger partial charge in [-0.2, -0.15) is 0 Å². The van der Waals surface area contributed by atoms with Crippen LogP contribution in [0.2, 0.25) is 0 Å². The van der Waals surface area contributed by atoms with E-state index in [0.717, 1.165) is 25.7 Å². The van der Waals surface area contributed by atoms with Crippen molar-refractivity contribution in [3.8, 4) is 0 Å². The first kappa shape index (κ1) is 39.4. The summed E-state index contributed by atoms with van der Waals surface area (Å²) in [5, 5.41) is 22.6. The molecule has 2 atom stereocenters. The van der Waals surface area contributed by atoms with E-state index in [4.69, 9.17) is 0 Å². The molecule has 4 heteroatoms. The van der Waals surface area contributed by atoms with Gasteiger partial charge in [-0.1, -0.05) is 187 Å². The first-order valence-corrected chi connectivity index (χ1v) is 18.2. The molecule has 240 valence electrons. The zero-order valence-electron chi connectivity index (χ0n) is 27.4. The number of unbranched alkanes of at least 4 members (excludes halogenated alkanes) is 26. The molecule has 0 rings (SSSR count). The SMILES string of the molecule is CCCCCCCCCCCCCCCCCCCCCCCCCCCCC(O)C(CO)NC(=O)CCCC. The fourth-order valence-electron chi connectivity index (χ4n) is 5.75. The molecule has 3 N–H and O–H groups in total. The summed E-state index contributed by atoms with van der Waals surface area (Å²) in [5.74, 6) is -0.0648. The second kappa shape index (κ2) is 32.9. The van der Waals surface area contributed by atoms with Crippen molar-refractivity contribution in [2.75, 3.05) is 6.61 Å². The maximum absolute atomic E-state index is 11.8. The number of carbonyl (C=O) groups is 1. The first-order chi connectivity index (χ1) is 19.7. The second-order valence-electron chi connectivity index (χ2n) is 12.7. The van der Waals surface area contributed by atoms with Gasteiger partial charge in [-0.15, -0.1) is 0 Å². The number of rotatable bonds is 33. The number of nitrogens with one attached hydrogen (secondary N) is 1. The number of aliphatic hydroxyl groups excluding tert-OH is 2. The molecule has 0 aromatic rings. The first-order valence-electron chi connectivity index (χ1n) is 18.2. The van der Waals surface area contributed by atoms with Crippen LogP contribution in [0.5, 0.6) is 0 Å². The van der Waals surface area contributed by atoms with Gasteiger partial charge in [-0.05, 0) is 12.8 Å². The van der Waals surface area contributed by atoms with Crippen LogP contribution in [0, 0.1) is 0 Å². The number of hydrogen-bond donors (Lipinski definition) is 3. The van der Waals surface area contributed by atoms with Crippen molar-refractivity contribution in [1.82, 2.24) is 5.32 Å². The molecule has 0 bridgehead atoms. The molecule has 0 spiro atoms. The normalized spacial score (nSPS) is 13.0. The summed E-state index contributed by atoms with van der Waals surface area (Å²) in [4.78, 5) is 11.8. The van der Waals surface area contributed by atoms with E-state index in [1.807, 2.05) is 0 Å². The summed E-state index contributed by atoms with van der Waals surface area (Å²) in [6.45, 7) is 4.15. The Bertz CT molecular complexity index is 498. The van der Waals surface area contributed by atoms with Gasteiger partial charge in [0.25, 0.3) is 0 Å². The molecular formula is C36H73NO3. The fourth-order valence-corrected chi connectivity index (χ4v) is 5.75. The van der Waals surface area contributed by atoms with Crippen LogP contribution in [-0.4, -0.2) is 34.9 Å². The van der Waals surface area contributed by atoms with Gasteiger partial charge in [0.15, 0.2) is 0 Å². The van der Waals surface area contributed by atoms with Crippen LogP contribution in [-0.2, 0) is 4.79 Å². The maximum atomic E-state index is 11.8. The van der Waals surface area contributed by atoms with Crippen molar-refractivity contribution in [2.45, 2.75) is 219 Å². The molecule has 40 heavy (non-hydrogen) atoms. The zero-order valence-corrected chi connectivity index (χ0v) is 27.4. The van der Waals surface area contributed by atoms with Gasteiger partial charge >= 0.3 is 0 Å². The van der Waals surface area contributed by atoms with Crippen LogP contribution in [0.1, 0.15) is 206 Å². The highest BCUT2D eigenvalue weighted by molar-refractivity contribution is 5.76. The van der Waals surface area contributed by atoms with E-state index in [1.165, 1.54) is 154 Å². The second-order valence-corrected chi connectivity index (χ2v) is 12.7. The van der Waals surface area contributed by atoms with Gasteiger partial charge in [0.2, 0.25) is 5.91 Å².